The summed E-state index contributed by atoms with van der Waals surface area (Å²) in [4.78, 5) is 0.156. The highest BCUT2D eigenvalue weighted by molar-refractivity contribution is 7.89. The highest BCUT2D eigenvalue weighted by Gasteiger charge is 2.14. The van der Waals surface area contributed by atoms with Gasteiger partial charge in [0.05, 0.1) is 24.3 Å². The maximum atomic E-state index is 12.1. The Kier molecular flexibility index (Phi) is 5.38. The summed E-state index contributed by atoms with van der Waals surface area (Å²) >= 11 is 0. The van der Waals surface area contributed by atoms with E-state index >= 15 is 0 Å². The van der Waals surface area contributed by atoms with Crippen molar-refractivity contribution >= 4 is 10.0 Å². The molecule has 0 spiro atoms. The summed E-state index contributed by atoms with van der Waals surface area (Å²) in [7, 11) is -3.58. The Labute approximate surface area is 123 Å². The molecule has 0 amide bonds. The van der Waals surface area contributed by atoms with Gasteiger partial charge >= 0.3 is 0 Å². The van der Waals surface area contributed by atoms with Crippen LogP contribution in [-0.4, -0.2) is 26.7 Å². The van der Waals surface area contributed by atoms with E-state index in [1.807, 2.05) is 0 Å². The first-order valence-electron chi connectivity index (χ1n) is 6.47. The van der Waals surface area contributed by atoms with Crippen molar-refractivity contribution in [3.05, 3.63) is 48.4 Å². The van der Waals surface area contributed by atoms with E-state index in [0.717, 1.165) is 0 Å². The summed E-state index contributed by atoms with van der Waals surface area (Å²) in [5.74, 6) is 1.11. The number of sulfonamides is 1. The average molecular weight is 311 g/mol. The Balaban J connectivity index is 1.96. The molecule has 0 atom stereocenters. The zero-order valence-electron chi connectivity index (χ0n) is 11.4. The van der Waals surface area contributed by atoms with Gasteiger partial charge in [-0.05, 0) is 36.4 Å². The van der Waals surface area contributed by atoms with Gasteiger partial charge in [0.1, 0.15) is 11.5 Å². The van der Waals surface area contributed by atoms with Gasteiger partial charge in [0.15, 0.2) is 0 Å². The van der Waals surface area contributed by atoms with E-state index in [2.05, 4.69) is 4.72 Å². The minimum absolute atomic E-state index is 0.0587. The number of furan rings is 1. The summed E-state index contributed by atoms with van der Waals surface area (Å²) in [6, 6.07) is 9.50. The van der Waals surface area contributed by atoms with Crippen LogP contribution in [0.2, 0.25) is 0 Å². The summed E-state index contributed by atoms with van der Waals surface area (Å²) < 4.78 is 37.0. The maximum absolute atomic E-state index is 12.1. The number of rotatable bonds is 8. The van der Waals surface area contributed by atoms with Crippen molar-refractivity contribution in [1.29, 1.82) is 0 Å². The van der Waals surface area contributed by atoms with Crippen LogP contribution < -0.4 is 9.46 Å². The van der Waals surface area contributed by atoms with Crippen molar-refractivity contribution in [3.63, 3.8) is 0 Å². The number of nitrogens with one attached hydrogen (secondary N) is 1. The number of benzene rings is 1. The first kappa shape index (κ1) is 15.6. The van der Waals surface area contributed by atoms with Crippen LogP contribution in [-0.2, 0) is 16.6 Å². The highest BCUT2D eigenvalue weighted by Crippen LogP contribution is 2.16. The molecule has 2 aromatic rings. The molecule has 7 heteroatoms. The van der Waals surface area contributed by atoms with Crippen molar-refractivity contribution in [3.8, 4) is 5.75 Å². The van der Waals surface area contributed by atoms with Gasteiger partial charge in [-0.3, -0.25) is 0 Å². The molecule has 0 saturated heterocycles. The standard InChI is InChI=1S/C14H17NO5S/c16-8-2-10-19-12-4-6-14(7-5-12)21(17,18)15-11-13-3-1-9-20-13/h1,3-7,9,15-16H,2,8,10-11H2. The third kappa shape index (κ3) is 4.59. The van der Waals surface area contributed by atoms with Crippen molar-refractivity contribution in [2.45, 2.75) is 17.9 Å². The molecular weight excluding hydrogens is 294 g/mol. The zero-order chi connectivity index (χ0) is 15.1. The van der Waals surface area contributed by atoms with Crippen LogP contribution in [0.5, 0.6) is 5.75 Å². The van der Waals surface area contributed by atoms with E-state index in [-0.39, 0.29) is 18.0 Å². The van der Waals surface area contributed by atoms with Gasteiger partial charge in [-0.15, -0.1) is 0 Å². The first-order chi connectivity index (χ1) is 10.1. The number of ether oxygens (including phenoxy) is 1. The zero-order valence-corrected chi connectivity index (χ0v) is 12.2. The van der Waals surface area contributed by atoms with Gasteiger partial charge in [-0.1, -0.05) is 0 Å². The van der Waals surface area contributed by atoms with Crippen LogP contribution in [0.1, 0.15) is 12.2 Å². The second kappa shape index (κ2) is 7.26. The van der Waals surface area contributed by atoms with Gasteiger partial charge in [0.25, 0.3) is 0 Å². The van der Waals surface area contributed by atoms with Crippen LogP contribution in [0.25, 0.3) is 0 Å². The van der Waals surface area contributed by atoms with E-state index in [1.165, 1.54) is 18.4 Å². The summed E-state index contributed by atoms with van der Waals surface area (Å²) in [5, 5.41) is 8.66. The molecule has 1 aromatic heterocycles. The lowest BCUT2D eigenvalue weighted by Crippen LogP contribution is -2.22. The van der Waals surface area contributed by atoms with Gasteiger partial charge in [0.2, 0.25) is 10.0 Å². The molecule has 1 aromatic carbocycles. The van der Waals surface area contributed by atoms with Gasteiger partial charge in [-0.2, -0.15) is 0 Å². The molecule has 0 aliphatic rings. The predicted molar refractivity (Wildman–Crippen MR) is 76.4 cm³/mol. The van der Waals surface area contributed by atoms with E-state index < -0.39 is 10.0 Å². The minimum Gasteiger partial charge on any atom is -0.494 e. The molecular formula is C14H17NO5S. The fourth-order valence-electron chi connectivity index (χ4n) is 1.63. The lowest BCUT2D eigenvalue weighted by atomic mass is 10.3. The molecule has 0 radical (unpaired) electrons. The van der Waals surface area contributed by atoms with E-state index in [9.17, 15) is 8.42 Å². The topological polar surface area (TPSA) is 88.8 Å². The first-order valence-corrected chi connectivity index (χ1v) is 7.96. The lowest BCUT2D eigenvalue weighted by molar-refractivity contribution is 0.233. The molecule has 2 rings (SSSR count). The largest absolute Gasteiger partial charge is 0.494 e. The van der Waals surface area contributed by atoms with Crippen molar-refractivity contribution in [2.75, 3.05) is 13.2 Å². The van der Waals surface area contributed by atoms with Crippen LogP contribution in [0.3, 0.4) is 0 Å². The normalized spacial score (nSPS) is 11.5. The van der Waals surface area contributed by atoms with Gasteiger partial charge < -0.3 is 14.3 Å². The lowest BCUT2D eigenvalue weighted by Gasteiger charge is -2.08. The monoisotopic (exact) mass is 311 g/mol. The average Bonchev–Trinajstić information content (AvgIpc) is 3.00. The fraction of sp³-hybridized carbons (Fsp3) is 0.286. The van der Waals surface area contributed by atoms with E-state index in [0.29, 0.717) is 24.5 Å². The van der Waals surface area contributed by atoms with Gasteiger partial charge in [-0.25, -0.2) is 13.1 Å². The van der Waals surface area contributed by atoms with E-state index in [1.54, 1.807) is 24.3 Å². The Morgan fingerprint density at radius 3 is 2.57 bits per heavy atom. The Hall–Kier alpha value is -1.83. The molecule has 0 bridgehead atoms. The highest BCUT2D eigenvalue weighted by atomic mass is 32.2. The van der Waals surface area contributed by atoms with Crippen LogP contribution >= 0.6 is 0 Å². The second-order valence-corrected chi connectivity index (χ2v) is 6.07. The third-order valence-corrected chi connectivity index (χ3v) is 4.14. The Bertz CT molecular complexity index is 635. The molecule has 114 valence electrons. The van der Waals surface area contributed by atoms with Crippen LogP contribution in [0.4, 0.5) is 0 Å². The van der Waals surface area contributed by atoms with Crippen molar-refractivity contribution in [2.24, 2.45) is 0 Å². The molecule has 1 heterocycles. The van der Waals surface area contributed by atoms with Crippen molar-refractivity contribution in [1.82, 2.24) is 4.72 Å². The summed E-state index contributed by atoms with van der Waals surface area (Å²) in [5.41, 5.74) is 0. The third-order valence-electron chi connectivity index (χ3n) is 2.72. The Morgan fingerprint density at radius 1 is 1.19 bits per heavy atom. The number of aliphatic hydroxyl groups excluding tert-OH is 1. The smallest absolute Gasteiger partial charge is 0.240 e. The fourth-order valence-corrected chi connectivity index (χ4v) is 2.63. The molecule has 0 unspecified atom stereocenters. The molecule has 6 nitrogen and oxygen atoms in total. The molecule has 0 saturated carbocycles. The SMILES string of the molecule is O=S(=O)(NCc1ccco1)c1ccc(OCCCO)cc1. The molecule has 0 aliphatic carbocycles. The van der Waals surface area contributed by atoms with Gasteiger partial charge in [0, 0.05) is 13.0 Å². The molecule has 21 heavy (non-hydrogen) atoms. The van der Waals surface area contributed by atoms with Crippen molar-refractivity contribution < 1.29 is 22.7 Å². The minimum atomic E-state index is -3.58. The molecule has 2 N–H and O–H groups in total. The number of hydrogen-bond donors (Lipinski definition) is 2. The predicted octanol–water partition coefficient (Wildman–Crippen LogP) is 1.52. The Morgan fingerprint density at radius 2 is 1.95 bits per heavy atom. The molecule has 0 fully saturated rings. The summed E-state index contributed by atoms with van der Waals surface area (Å²) in [6.45, 7) is 0.548. The summed E-state index contributed by atoms with van der Waals surface area (Å²) in [6.07, 6.45) is 2.02. The second-order valence-electron chi connectivity index (χ2n) is 4.30. The maximum Gasteiger partial charge on any atom is 0.240 e. The van der Waals surface area contributed by atoms with Crippen LogP contribution in [0, 0.1) is 0 Å². The van der Waals surface area contributed by atoms with Crippen LogP contribution in [0.15, 0.2) is 52.0 Å². The number of aliphatic hydroxyl groups is 1. The number of hydrogen-bond acceptors (Lipinski definition) is 5. The molecule has 0 aliphatic heterocycles. The quantitative estimate of drug-likeness (QED) is 0.722. The van der Waals surface area contributed by atoms with E-state index in [4.69, 9.17) is 14.3 Å².